The van der Waals surface area contributed by atoms with E-state index in [1.54, 1.807) is 18.2 Å². The molecular weight excluding hydrogens is 420 g/mol. The van der Waals surface area contributed by atoms with Crippen LogP contribution in [0, 0.1) is 11.6 Å². The van der Waals surface area contributed by atoms with Gasteiger partial charge in [-0.25, -0.2) is 13.6 Å². The van der Waals surface area contributed by atoms with Gasteiger partial charge in [0.05, 0.1) is 12.1 Å². The third kappa shape index (κ3) is 3.09. The first-order valence-corrected chi connectivity index (χ1v) is 9.44. The first kappa shape index (κ1) is 19.5. The first-order chi connectivity index (χ1) is 15.4. The topological polar surface area (TPSA) is 112 Å². The summed E-state index contributed by atoms with van der Waals surface area (Å²) in [5, 5.41) is 22.6. The number of carboxylic acid groups (broad SMARTS) is 1. The second kappa shape index (κ2) is 7.34. The first-order valence-electron chi connectivity index (χ1n) is 9.44. The summed E-state index contributed by atoms with van der Waals surface area (Å²) < 4.78 is 30.2. The number of halogens is 2. The Balaban J connectivity index is 1.54. The van der Waals surface area contributed by atoms with E-state index in [2.05, 4.69) is 20.6 Å². The summed E-state index contributed by atoms with van der Waals surface area (Å²) >= 11 is 0. The molecule has 1 aliphatic rings. The molecule has 5 rings (SSSR count). The molecular formula is C22H13F2N5O3. The van der Waals surface area contributed by atoms with Crippen molar-refractivity contribution in [1.29, 1.82) is 0 Å². The molecule has 0 unspecified atom stereocenters. The number of carbonyl (C=O) groups excluding carboxylic acids is 1. The van der Waals surface area contributed by atoms with Crippen molar-refractivity contribution in [3.05, 3.63) is 82.9 Å². The van der Waals surface area contributed by atoms with Crippen molar-refractivity contribution in [1.82, 2.24) is 20.6 Å². The second-order valence-corrected chi connectivity index (χ2v) is 7.14. The van der Waals surface area contributed by atoms with Crippen LogP contribution in [0.25, 0.3) is 22.5 Å². The van der Waals surface area contributed by atoms with Crippen LogP contribution in [0.1, 0.15) is 26.3 Å². The van der Waals surface area contributed by atoms with E-state index in [1.165, 1.54) is 30.3 Å². The number of carboxylic acids is 1. The van der Waals surface area contributed by atoms with Gasteiger partial charge in [0.15, 0.2) is 5.82 Å². The lowest BCUT2D eigenvalue weighted by atomic mass is 10.0. The van der Waals surface area contributed by atoms with Crippen LogP contribution in [-0.2, 0) is 6.54 Å². The molecule has 0 saturated carbocycles. The van der Waals surface area contributed by atoms with Crippen molar-refractivity contribution < 1.29 is 23.5 Å². The Hall–Kier alpha value is -4.47. The van der Waals surface area contributed by atoms with Crippen LogP contribution in [0.15, 0.2) is 54.6 Å². The standard InChI is InChI=1S/C22H13F2N5O3/c23-17-8-7-15(11-1-3-12(4-2-11)22(31)32)18(24)19(17)29-10-14-6-5-13(9-16(14)21(29)30)20-25-27-28-26-20/h1-9H,10H2,(H,31,32)(H,25,26,27,28). The molecule has 8 nitrogen and oxygen atoms in total. The highest BCUT2D eigenvalue weighted by Gasteiger charge is 2.33. The summed E-state index contributed by atoms with van der Waals surface area (Å²) in [4.78, 5) is 25.2. The summed E-state index contributed by atoms with van der Waals surface area (Å²) in [6.07, 6.45) is 0. The summed E-state index contributed by atoms with van der Waals surface area (Å²) in [5.41, 5.74) is 1.43. The molecule has 2 heterocycles. The van der Waals surface area contributed by atoms with Crippen molar-refractivity contribution in [3.8, 4) is 22.5 Å². The Bertz CT molecular complexity index is 1370. The van der Waals surface area contributed by atoms with Crippen LogP contribution >= 0.6 is 0 Å². The second-order valence-electron chi connectivity index (χ2n) is 7.14. The van der Waals surface area contributed by atoms with E-state index in [0.717, 1.165) is 11.0 Å². The monoisotopic (exact) mass is 433 g/mol. The summed E-state index contributed by atoms with van der Waals surface area (Å²) in [6, 6.07) is 12.8. The quantitative estimate of drug-likeness (QED) is 0.508. The van der Waals surface area contributed by atoms with Gasteiger partial charge in [0.25, 0.3) is 5.91 Å². The molecule has 1 aromatic heterocycles. The predicted molar refractivity (Wildman–Crippen MR) is 109 cm³/mol. The van der Waals surface area contributed by atoms with E-state index < -0.39 is 29.2 Å². The fourth-order valence-electron chi connectivity index (χ4n) is 3.71. The van der Waals surface area contributed by atoms with E-state index >= 15 is 4.39 Å². The highest BCUT2D eigenvalue weighted by Crippen LogP contribution is 2.37. The zero-order chi connectivity index (χ0) is 22.4. The van der Waals surface area contributed by atoms with E-state index in [4.69, 9.17) is 5.11 Å². The molecule has 0 bridgehead atoms. The molecule has 0 fully saturated rings. The minimum atomic E-state index is -1.11. The van der Waals surface area contributed by atoms with Gasteiger partial charge in [-0.2, -0.15) is 5.21 Å². The normalized spacial score (nSPS) is 12.8. The zero-order valence-electron chi connectivity index (χ0n) is 16.2. The van der Waals surface area contributed by atoms with Crippen LogP contribution in [0.5, 0.6) is 0 Å². The fraction of sp³-hybridized carbons (Fsp3) is 0.0455. The van der Waals surface area contributed by atoms with Crippen LogP contribution in [-0.4, -0.2) is 37.6 Å². The van der Waals surface area contributed by atoms with Crippen molar-refractivity contribution in [2.45, 2.75) is 6.54 Å². The van der Waals surface area contributed by atoms with Gasteiger partial charge < -0.3 is 5.11 Å². The SMILES string of the molecule is O=C(O)c1ccc(-c2ccc(F)c(N3Cc4ccc(-c5nn[nH]n5)cc4C3=O)c2F)cc1. The molecule has 4 aromatic rings. The van der Waals surface area contributed by atoms with E-state index in [9.17, 15) is 14.0 Å². The number of hydrogen-bond acceptors (Lipinski definition) is 5. The van der Waals surface area contributed by atoms with Gasteiger partial charge in [-0.1, -0.05) is 24.3 Å². The number of H-pyrrole nitrogens is 1. The highest BCUT2D eigenvalue weighted by molar-refractivity contribution is 6.11. The Morgan fingerprint density at radius 2 is 1.75 bits per heavy atom. The van der Waals surface area contributed by atoms with E-state index in [0.29, 0.717) is 28.1 Å². The number of nitrogens with zero attached hydrogens (tertiary/aromatic N) is 4. The number of nitrogens with one attached hydrogen (secondary N) is 1. The lowest BCUT2D eigenvalue weighted by Crippen LogP contribution is -2.25. The molecule has 158 valence electrons. The minimum absolute atomic E-state index is 0.00403. The lowest BCUT2D eigenvalue weighted by Gasteiger charge is -2.19. The number of aromatic nitrogens is 4. The summed E-state index contributed by atoms with van der Waals surface area (Å²) in [5.74, 6) is -3.16. The zero-order valence-corrected chi connectivity index (χ0v) is 16.2. The van der Waals surface area contributed by atoms with E-state index in [-0.39, 0.29) is 17.7 Å². The third-order valence-corrected chi connectivity index (χ3v) is 5.30. The molecule has 1 aliphatic heterocycles. The molecule has 0 saturated heterocycles. The molecule has 0 spiro atoms. The fourth-order valence-corrected chi connectivity index (χ4v) is 3.71. The Kier molecular flexibility index (Phi) is 4.47. The van der Waals surface area contributed by atoms with Gasteiger partial charge in [-0.05, 0) is 46.7 Å². The highest BCUT2D eigenvalue weighted by atomic mass is 19.1. The number of fused-ring (bicyclic) bond motifs is 1. The summed E-state index contributed by atoms with van der Waals surface area (Å²) in [6.45, 7) is -0.00403. The molecule has 1 amide bonds. The van der Waals surface area contributed by atoms with Crippen LogP contribution < -0.4 is 4.90 Å². The lowest BCUT2D eigenvalue weighted by molar-refractivity contribution is 0.0696. The minimum Gasteiger partial charge on any atom is -0.478 e. The molecule has 3 aromatic carbocycles. The summed E-state index contributed by atoms with van der Waals surface area (Å²) in [7, 11) is 0. The number of amides is 1. The van der Waals surface area contributed by atoms with Crippen molar-refractivity contribution in [2.75, 3.05) is 4.90 Å². The van der Waals surface area contributed by atoms with Gasteiger partial charge in [0.2, 0.25) is 5.82 Å². The van der Waals surface area contributed by atoms with Gasteiger partial charge in [0, 0.05) is 16.7 Å². The van der Waals surface area contributed by atoms with Gasteiger partial charge in [-0.15, -0.1) is 10.2 Å². The maximum Gasteiger partial charge on any atom is 0.335 e. The Labute approximate surface area is 179 Å². The van der Waals surface area contributed by atoms with Crippen LogP contribution in [0.2, 0.25) is 0 Å². The van der Waals surface area contributed by atoms with Gasteiger partial charge in [-0.3, -0.25) is 9.69 Å². The molecule has 32 heavy (non-hydrogen) atoms. The number of aromatic amines is 1. The number of carbonyl (C=O) groups is 2. The maximum atomic E-state index is 15.4. The smallest absolute Gasteiger partial charge is 0.335 e. The molecule has 0 atom stereocenters. The number of benzene rings is 3. The van der Waals surface area contributed by atoms with E-state index in [1.807, 2.05) is 0 Å². The molecule has 2 N–H and O–H groups in total. The third-order valence-electron chi connectivity index (χ3n) is 5.30. The molecule has 10 heteroatoms. The van der Waals surface area contributed by atoms with Crippen molar-refractivity contribution in [3.63, 3.8) is 0 Å². The number of rotatable bonds is 4. The van der Waals surface area contributed by atoms with Crippen molar-refractivity contribution in [2.24, 2.45) is 0 Å². The average molecular weight is 433 g/mol. The largest absolute Gasteiger partial charge is 0.478 e. The van der Waals surface area contributed by atoms with Crippen molar-refractivity contribution >= 4 is 17.6 Å². The molecule has 0 radical (unpaired) electrons. The number of aromatic carboxylic acids is 1. The number of tetrazole rings is 1. The average Bonchev–Trinajstić information content (AvgIpc) is 3.43. The maximum absolute atomic E-state index is 15.4. The number of hydrogen-bond donors (Lipinski definition) is 2. The van der Waals surface area contributed by atoms with Gasteiger partial charge >= 0.3 is 5.97 Å². The molecule has 0 aliphatic carbocycles. The van der Waals surface area contributed by atoms with Crippen LogP contribution in [0.3, 0.4) is 0 Å². The predicted octanol–water partition coefficient (Wildman–Crippen LogP) is 3.67. The number of anilines is 1. The van der Waals surface area contributed by atoms with Gasteiger partial charge in [0.1, 0.15) is 11.5 Å². The van der Waals surface area contributed by atoms with Crippen LogP contribution in [0.4, 0.5) is 14.5 Å². The Morgan fingerprint density at radius 3 is 2.44 bits per heavy atom. The Morgan fingerprint density at radius 1 is 1.00 bits per heavy atom.